The Balaban J connectivity index is 2.43. The van der Waals surface area contributed by atoms with Gasteiger partial charge in [0.1, 0.15) is 4.90 Å². The lowest BCUT2D eigenvalue weighted by molar-refractivity contribution is 0.327. The third-order valence-electron chi connectivity index (χ3n) is 2.93. The van der Waals surface area contributed by atoms with Gasteiger partial charge in [0.2, 0.25) is 0 Å². The maximum absolute atomic E-state index is 12.5. The van der Waals surface area contributed by atoms with Gasteiger partial charge < -0.3 is 8.92 Å². The Bertz CT molecular complexity index is 872. The Morgan fingerprint density at radius 3 is 2.52 bits per heavy atom. The van der Waals surface area contributed by atoms with Crippen LogP contribution in [0, 0.1) is 18.3 Å². The number of benzene rings is 2. The first kappa shape index (κ1) is 17.3. The van der Waals surface area contributed by atoms with E-state index in [-0.39, 0.29) is 16.4 Å². The van der Waals surface area contributed by atoms with E-state index in [1.54, 1.807) is 19.1 Å². The molecule has 120 valence electrons. The smallest absolute Gasteiger partial charge is 0.340 e. The molecule has 23 heavy (non-hydrogen) atoms. The molecule has 7 heteroatoms. The molecule has 0 unspecified atom stereocenters. The van der Waals surface area contributed by atoms with Gasteiger partial charge in [0.15, 0.2) is 11.5 Å². The highest BCUT2D eigenvalue weighted by Gasteiger charge is 2.22. The zero-order valence-corrected chi connectivity index (χ0v) is 14.9. The van der Waals surface area contributed by atoms with E-state index >= 15 is 0 Å². The molecule has 0 saturated carbocycles. The van der Waals surface area contributed by atoms with Gasteiger partial charge >= 0.3 is 10.1 Å². The fourth-order valence-corrected chi connectivity index (χ4v) is 3.97. The highest BCUT2D eigenvalue weighted by Crippen LogP contribution is 2.32. The van der Waals surface area contributed by atoms with E-state index < -0.39 is 10.1 Å². The first-order valence-electron chi connectivity index (χ1n) is 6.75. The zero-order valence-electron chi connectivity index (χ0n) is 12.5. The van der Waals surface area contributed by atoms with Crippen LogP contribution in [0.4, 0.5) is 0 Å². The summed E-state index contributed by atoms with van der Waals surface area (Å²) in [5, 5.41) is 8.92. The zero-order chi connectivity index (χ0) is 17.0. The van der Waals surface area contributed by atoms with Crippen molar-refractivity contribution < 1.29 is 17.3 Å². The number of aryl methyl sites for hydroxylation is 1. The average Bonchev–Trinajstić information content (AvgIpc) is 2.48. The van der Waals surface area contributed by atoms with Crippen LogP contribution in [0.5, 0.6) is 11.5 Å². The largest absolute Gasteiger partial charge is 0.490 e. The molecule has 0 aliphatic carbocycles. The van der Waals surface area contributed by atoms with Gasteiger partial charge in [-0.2, -0.15) is 13.7 Å². The summed E-state index contributed by atoms with van der Waals surface area (Å²) < 4.78 is 35.9. The summed E-state index contributed by atoms with van der Waals surface area (Å²) in [6.45, 7) is 3.93. The molecule has 0 aromatic heterocycles. The minimum absolute atomic E-state index is 0.0231. The van der Waals surface area contributed by atoms with Gasteiger partial charge in [-0.05, 0) is 59.6 Å². The fourth-order valence-electron chi connectivity index (χ4n) is 1.89. The normalized spacial score (nSPS) is 10.9. The van der Waals surface area contributed by atoms with Crippen LogP contribution in [0.25, 0.3) is 0 Å². The van der Waals surface area contributed by atoms with Crippen molar-refractivity contribution in [2.45, 2.75) is 18.7 Å². The van der Waals surface area contributed by atoms with Crippen molar-refractivity contribution in [3.63, 3.8) is 0 Å². The summed E-state index contributed by atoms with van der Waals surface area (Å²) >= 11 is 3.23. The molecule has 0 spiro atoms. The van der Waals surface area contributed by atoms with Gasteiger partial charge in [-0.3, -0.25) is 0 Å². The molecular formula is C16H14BrNO4S. The molecular weight excluding hydrogens is 382 g/mol. The number of nitrogens with zero attached hydrogens (tertiary/aromatic N) is 1. The fraction of sp³-hybridized carbons (Fsp3) is 0.188. The quantitative estimate of drug-likeness (QED) is 0.719. The molecule has 0 aliphatic rings. The van der Waals surface area contributed by atoms with E-state index in [9.17, 15) is 8.42 Å². The molecule has 0 atom stereocenters. The second-order valence-corrected chi connectivity index (χ2v) is 7.05. The molecule has 0 heterocycles. The van der Waals surface area contributed by atoms with Crippen molar-refractivity contribution in [2.75, 3.05) is 6.61 Å². The van der Waals surface area contributed by atoms with E-state index in [0.29, 0.717) is 16.6 Å². The van der Waals surface area contributed by atoms with Crippen molar-refractivity contribution in [1.29, 1.82) is 5.26 Å². The highest BCUT2D eigenvalue weighted by molar-refractivity contribution is 9.10. The third-order valence-corrected chi connectivity index (χ3v) is 5.14. The summed E-state index contributed by atoms with van der Waals surface area (Å²) in [6, 6.07) is 11.1. The molecule has 5 nitrogen and oxygen atoms in total. The summed E-state index contributed by atoms with van der Waals surface area (Å²) in [4.78, 5) is 0.0231. The van der Waals surface area contributed by atoms with Gasteiger partial charge in [0.25, 0.3) is 0 Å². The van der Waals surface area contributed by atoms with Gasteiger partial charge in [-0.15, -0.1) is 0 Å². The summed E-state index contributed by atoms with van der Waals surface area (Å²) in [6.07, 6.45) is 0. The molecule has 0 radical (unpaired) electrons. The lowest BCUT2D eigenvalue weighted by atomic mass is 10.2. The van der Waals surface area contributed by atoms with Gasteiger partial charge in [-0.25, -0.2) is 0 Å². The molecule has 0 amide bonds. The van der Waals surface area contributed by atoms with Crippen LogP contribution in [0.15, 0.2) is 45.8 Å². The van der Waals surface area contributed by atoms with Crippen LogP contribution in [0.3, 0.4) is 0 Å². The molecule has 0 N–H and O–H groups in total. The summed E-state index contributed by atoms with van der Waals surface area (Å²) in [5.41, 5.74) is 1.28. The Hall–Kier alpha value is -2.04. The van der Waals surface area contributed by atoms with Crippen LogP contribution >= 0.6 is 15.9 Å². The topological polar surface area (TPSA) is 76.4 Å². The first-order valence-corrected chi connectivity index (χ1v) is 8.95. The number of hydrogen-bond acceptors (Lipinski definition) is 5. The van der Waals surface area contributed by atoms with Crippen LogP contribution in [-0.4, -0.2) is 15.0 Å². The van der Waals surface area contributed by atoms with E-state index in [0.717, 1.165) is 5.56 Å². The van der Waals surface area contributed by atoms with Crippen molar-refractivity contribution >= 4 is 26.0 Å². The van der Waals surface area contributed by atoms with E-state index in [2.05, 4.69) is 15.9 Å². The van der Waals surface area contributed by atoms with E-state index in [1.165, 1.54) is 24.3 Å². The molecule has 0 bridgehead atoms. The maximum Gasteiger partial charge on any atom is 0.340 e. The summed E-state index contributed by atoms with van der Waals surface area (Å²) in [7, 11) is -4.03. The van der Waals surface area contributed by atoms with Gasteiger partial charge in [0, 0.05) is 10.5 Å². The number of nitriles is 1. The summed E-state index contributed by atoms with van der Waals surface area (Å²) in [5.74, 6) is 0.247. The van der Waals surface area contributed by atoms with Crippen molar-refractivity contribution in [2.24, 2.45) is 0 Å². The van der Waals surface area contributed by atoms with Crippen LogP contribution in [-0.2, 0) is 10.1 Å². The van der Waals surface area contributed by atoms with Crippen LogP contribution in [0.1, 0.15) is 18.1 Å². The van der Waals surface area contributed by atoms with E-state index in [4.69, 9.17) is 14.2 Å². The molecule has 2 aromatic carbocycles. The minimum atomic E-state index is -4.03. The molecule has 2 rings (SSSR count). The average molecular weight is 396 g/mol. The standard InChI is InChI=1S/C16H14BrNO4S/c1-3-21-15-9-12(10-18)5-6-14(15)22-23(19,20)16-7-4-11(2)8-13(16)17/h4-9H,3H2,1-2H3. The lowest BCUT2D eigenvalue weighted by Gasteiger charge is -2.13. The Morgan fingerprint density at radius 2 is 1.91 bits per heavy atom. The molecule has 0 aliphatic heterocycles. The van der Waals surface area contributed by atoms with Crippen molar-refractivity contribution in [3.8, 4) is 17.6 Å². The predicted molar refractivity (Wildman–Crippen MR) is 89.0 cm³/mol. The molecule has 0 fully saturated rings. The SMILES string of the molecule is CCOc1cc(C#N)ccc1OS(=O)(=O)c1ccc(C)cc1Br. The Morgan fingerprint density at radius 1 is 1.17 bits per heavy atom. The predicted octanol–water partition coefficient (Wildman–Crippen LogP) is 3.80. The van der Waals surface area contributed by atoms with Crippen molar-refractivity contribution in [3.05, 3.63) is 52.0 Å². The minimum Gasteiger partial charge on any atom is -0.490 e. The van der Waals surface area contributed by atoms with Crippen LogP contribution in [0.2, 0.25) is 0 Å². The number of rotatable bonds is 5. The number of ether oxygens (including phenoxy) is 1. The third kappa shape index (κ3) is 4.03. The highest BCUT2D eigenvalue weighted by atomic mass is 79.9. The van der Waals surface area contributed by atoms with Gasteiger partial charge in [0.05, 0.1) is 18.2 Å². The molecule has 0 saturated heterocycles. The lowest BCUT2D eigenvalue weighted by Crippen LogP contribution is -2.11. The van der Waals surface area contributed by atoms with Crippen molar-refractivity contribution in [1.82, 2.24) is 0 Å². The first-order chi connectivity index (χ1) is 10.9. The Kier molecular flexibility index (Phi) is 5.29. The van der Waals surface area contributed by atoms with Crippen LogP contribution < -0.4 is 8.92 Å². The molecule has 2 aromatic rings. The van der Waals surface area contributed by atoms with Gasteiger partial charge in [-0.1, -0.05) is 6.07 Å². The maximum atomic E-state index is 12.5. The second-order valence-electron chi connectivity index (χ2n) is 4.68. The second kappa shape index (κ2) is 7.02. The monoisotopic (exact) mass is 395 g/mol. The van der Waals surface area contributed by atoms with E-state index in [1.807, 2.05) is 13.0 Å². The number of halogens is 1. The Labute approximate surface area is 143 Å². The number of hydrogen-bond donors (Lipinski definition) is 0.